The molecule has 0 unspecified atom stereocenters. The summed E-state index contributed by atoms with van der Waals surface area (Å²) < 4.78 is 1.90. The van der Waals surface area contributed by atoms with Crippen LogP contribution < -0.4 is 10.6 Å². The fourth-order valence-corrected chi connectivity index (χ4v) is 4.07. The molecule has 0 atom stereocenters. The molecule has 0 aromatic heterocycles. The van der Waals surface area contributed by atoms with Crippen LogP contribution in [0, 0.1) is 3.57 Å². The Morgan fingerprint density at radius 3 is 2.48 bits per heavy atom. The van der Waals surface area contributed by atoms with Gasteiger partial charge >= 0.3 is 5.97 Å². The van der Waals surface area contributed by atoms with Gasteiger partial charge in [0.25, 0.3) is 5.91 Å². The lowest BCUT2D eigenvalue weighted by Crippen LogP contribution is -2.34. The number of hydrogen-bond acceptors (Lipinski definition) is 3. The lowest BCUT2D eigenvalue weighted by molar-refractivity contribution is 0.0697. The Morgan fingerprint density at radius 2 is 1.84 bits per heavy atom. The molecule has 0 bridgehead atoms. The van der Waals surface area contributed by atoms with E-state index in [-0.39, 0.29) is 26.9 Å². The Kier molecular flexibility index (Phi) is 7.20. The van der Waals surface area contributed by atoms with Crippen molar-refractivity contribution >= 4 is 101 Å². The highest BCUT2D eigenvalue weighted by Gasteiger charge is 2.18. The van der Waals surface area contributed by atoms with Gasteiger partial charge in [-0.2, -0.15) is 0 Å². The molecular formula is C15H8Br2ClIN2O3S. The summed E-state index contributed by atoms with van der Waals surface area (Å²) in [7, 11) is 0. The first kappa shape index (κ1) is 20.6. The zero-order valence-electron chi connectivity index (χ0n) is 12.1. The number of amides is 1. The molecule has 5 nitrogen and oxygen atoms in total. The normalized spacial score (nSPS) is 10.2. The predicted octanol–water partition coefficient (Wildman–Crippen LogP) is 5.29. The minimum absolute atomic E-state index is 0.00913. The third kappa shape index (κ3) is 5.36. The first-order valence-corrected chi connectivity index (χ1v) is 9.94. The molecule has 0 aliphatic heterocycles. The van der Waals surface area contributed by atoms with Gasteiger partial charge in [0.05, 0.1) is 21.8 Å². The van der Waals surface area contributed by atoms with E-state index in [1.54, 1.807) is 24.3 Å². The summed E-state index contributed by atoms with van der Waals surface area (Å²) in [5.74, 6) is -1.63. The quantitative estimate of drug-likeness (QED) is 0.322. The van der Waals surface area contributed by atoms with Crippen LogP contribution in [0.3, 0.4) is 0 Å². The molecule has 2 aromatic rings. The van der Waals surface area contributed by atoms with Gasteiger partial charge in [0.2, 0.25) is 0 Å². The monoisotopic (exact) mass is 616 g/mol. The van der Waals surface area contributed by atoms with Crippen molar-refractivity contribution in [2.45, 2.75) is 0 Å². The average Bonchev–Trinajstić information content (AvgIpc) is 2.51. The van der Waals surface area contributed by atoms with Gasteiger partial charge in [0.1, 0.15) is 0 Å². The van der Waals surface area contributed by atoms with Crippen molar-refractivity contribution in [3.63, 3.8) is 0 Å². The summed E-state index contributed by atoms with van der Waals surface area (Å²) in [5, 5.41) is 14.8. The lowest BCUT2D eigenvalue weighted by Gasteiger charge is -2.14. The number of hydrogen-bond donors (Lipinski definition) is 3. The highest BCUT2D eigenvalue weighted by atomic mass is 127. The number of aromatic carboxylic acids is 1. The zero-order chi connectivity index (χ0) is 18.7. The predicted molar refractivity (Wildman–Crippen MR) is 117 cm³/mol. The van der Waals surface area contributed by atoms with Crippen molar-refractivity contribution in [2.24, 2.45) is 0 Å². The van der Waals surface area contributed by atoms with Gasteiger partial charge in [-0.05, 0) is 81.1 Å². The van der Waals surface area contributed by atoms with Gasteiger partial charge in [0, 0.05) is 12.5 Å². The van der Waals surface area contributed by atoms with Gasteiger partial charge in [-0.3, -0.25) is 10.1 Å². The van der Waals surface area contributed by atoms with Gasteiger partial charge in [-0.15, -0.1) is 0 Å². The number of carboxylic acid groups (broad SMARTS) is 1. The summed E-state index contributed by atoms with van der Waals surface area (Å²) >= 11 is 19.7. The second kappa shape index (κ2) is 8.76. The number of benzene rings is 2. The fourth-order valence-electron chi connectivity index (χ4n) is 1.86. The molecule has 130 valence electrons. The van der Waals surface area contributed by atoms with E-state index in [0.717, 1.165) is 3.57 Å². The fraction of sp³-hybridized carbons (Fsp3) is 0. The Hall–Kier alpha value is -0.750. The molecule has 2 aromatic carbocycles. The van der Waals surface area contributed by atoms with Crippen molar-refractivity contribution in [2.75, 3.05) is 5.32 Å². The SMILES string of the molecule is O=C(NC(=S)Nc1c(Br)cc(Br)cc1C(=O)O)c1cc(I)ccc1Cl. The average molecular weight is 618 g/mol. The van der Waals surface area contributed by atoms with Crippen LogP contribution in [0.15, 0.2) is 39.3 Å². The van der Waals surface area contributed by atoms with Crippen LogP contribution in [0.1, 0.15) is 20.7 Å². The molecule has 1 amide bonds. The molecule has 0 saturated carbocycles. The Labute approximate surface area is 183 Å². The topological polar surface area (TPSA) is 78.4 Å². The van der Waals surface area contributed by atoms with Crippen molar-refractivity contribution in [3.05, 3.63) is 59.0 Å². The third-order valence-corrected chi connectivity index (χ3v) is 5.21. The molecule has 0 radical (unpaired) electrons. The number of carboxylic acids is 1. The molecule has 0 spiro atoms. The maximum atomic E-state index is 12.3. The van der Waals surface area contributed by atoms with Crippen LogP contribution in [-0.2, 0) is 0 Å². The van der Waals surface area contributed by atoms with Gasteiger partial charge in [-0.1, -0.05) is 27.5 Å². The van der Waals surface area contributed by atoms with Crippen LogP contribution in [0.25, 0.3) is 0 Å². The minimum atomic E-state index is -1.14. The maximum absolute atomic E-state index is 12.3. The molecular weight excluding hydrogens is 610 g/mol. The molecule has 3 N–H and O–H groups in total. The molecule has 0 saturated heterocycles. The maximum Gasteiger partial charge on any atom is 0.337 e. The number of thiocarbonyl (C=S) groups is 1. The molecule has 0 aliphatic carbocycles. The van der Waals surface area contributed by atoms with E-state index < -0.39 is 11.9 Å². The Balaban J connectivity index is 2.22. The molecule has 25 heavy (non-hydrogen) atoms. The standard InChI is InChI=1S/C15H8Br2ClIN2O3S/c16-6-3-9(14(23)24)12(10(17)4-6)20-15(25)21-13(22)8-5-7(19)1-2-11(8)18/h1-5H,(H,23,24)(H2,20,21,22,25). The van der Waals surface area contributed by atoms with Gasteiger partial charge in [-0.25, -0.2) is 4.79 Å². The second-order valence-corrected chi connectivity index (χ2v) is 8.48. The largest absolute Gasteiger partial charge is 0.478 e. The van der Waals surface area contributed by atoms with Crippen molar-refractivity contribution in [3.8, 4) is 0 Å². The van der Waals surface area contributed by atoms with Crippen molar-refractivity contribution in [1.29, 1.82) is 0 Å². The van der Waals surface area contributed by atoms with Crippen LogP contribution in [0.5, 0.6) is 0 Å². The molecule has 0 heterocycles. The van der Waals surface area contributed by atoms with E-state index in [1.807, 2.05) is 0 Å². The van der Waals surface area contributed by atoms with Crippen LogP contribution in [0.2, 0.25) is 5.02 Å². The van der Waals surface area contributed by atoms with E-state index in [0.29, 0.717) is 8.95 Å². The first-order valence-electron chi connectivity index (χ1n) is 6.48. The summed E-state index contributed by atoms with van der Waals surface area (Å²) in [6.45, 7) is 0. The molecule has 0 fully saturated rings. The van der Waals surface area contributed by atoms with Gasteiger partial charge in [0.15, 0.2) is 5.11 Å². The van der Waals surface area contributed by atoms with Crippen molar-refractivity contribution in [1.82, 2.24) is 5.32 Å². The zero-order valence-corrected chi connectivity index (χ0v) is 19.0. The smallest absolute Gasteiger partial charge is 0.337 e. The highest BCUT2D eigenvalue weighted by molar-refractivity contribution is 14.1. The number of carbonyl (C=O) groups is 2. The van der Waals surface area contributed by atoms with E-state index >= 15 is 0 Å². The second-order valence-electron chi connectivity index (χ2n) is 4.65. The number of nitrogens with one attached hydrogen (secondary N) is 2. The minimum Gasteiger partial charge on any atom is -0.478 e. The molecule has 0 aliphatic rings. The number of carbonyl (C=O) groups excluding carboxylic acids is 1. The van der Waals surface area contributed by atoms with Crippen LogP contribution in [0.4, 0.5) is 5.69 Å². The first-order chi connectivity index (χ1) is 11.7. The summed E-state index contributed by atoms with van der Waals surface area (Å²) in [6, 6.07) is 8.10. The molecule has 2 rings (SSSR count). The van der Waals surface area contributed by atoms with E-state index in [9.17, 15) is 14.7 Å². The summed E-state index contributed by atoms with van der Waals surface area (Å²) in [4.78, 5) is 23.7. The van der Waals surface area contributed by atoms with E-state index in [4.69, 9.17) is 23.8 Å². The van der Waals surface area contributed by atoms with Crippen LogP contribution in [-0.4, -0.2) is 22.1 Å². The number of anilines is 1. The lowest BCUT2D eigenvalue weighted by atomic mass is 10.2. The summed E-state index contributed by atoms with van der Waals surface area (Å²) in [6.07, 6.45) is 0. The van der Waals surface area contributed by atoms with Crippen molar-refractivity contribution < 1.29 is 14.7 Å². The Bertz CT molecular complexity index is 895. The van der Waals surface area contributed by atoms with E-state index in [1.165, 1.54) is 6.07 Å². The number of rotatable bonds is 3. The highest BCUT2D eigenvalue weighted by Crippen LogP contribution is 2.31. The van der Waals surface area contributed by atoms with E-state index in [2.05, 4.69) is 65.1 Å². The Morgan fingerprint density at radius 1 is 1.16 bits per heavy atom. The molecule has 10 heteroatoms. The van der Waals surface area contributed by atoms with Gasteiger partial charge < -0.3 is 10.4 Å². The summed E-state index contributed by atoms with van der Waals surface area (Å²) in [5.41, 5.74) is 0.492. The van der Waals surface area contributed by atoms with Crippen LogP contribution >= 0.6 is 78.3 Å². The number of halogens is 4. The third-order valence-electron chi connectivity index (χ3n) is 2.92.